The minimum atomic E-state index is -1.68. The Labute approximate surface area is 283 Å². The second kappa shape index (κ2) is 15.3. The van der Waals surface area contributed by atoms with Crippen molar-refractivity contribution in [3.05, 3.63) is 0 Å². The molecule has 44 heavy (non-hydrogen) atoms. The van der Waals surface area contributed by atoms with Crippen LogP contribution in [0.15, 0.2) is 0 Å². The van der Waals surface area contributed by atoms with Crippen molar-refractivity contribution in [1.82, 2.24) is 10.6 Å². The van der Waals surface area contributed by atoms with E-state index in [1.807, 2.05) is 6.92 Å². The first-order chi connectivity index (χ1) is 20.1. The molecule has 0 spiro atoms. The molecule has 12 nitrogen and oxygen atoms in total. The van der Waals surface area contributed by atoms with Gasteiger partial charge in [0.25, 0.3) is 0 Å². The number of esters is 3. The Hall–Kier alpha value is -1.58. The van der Waals surface area contributed by atoms with Crippen molar-refractivity contribution in [3.63, 3.8) is 0 Å². The molecule has 2 heterocycles. The first kappa shape index (κ1) is 38.6. The summed E-state index contributed by atoms with van der Waals surface area (Å²) in [6.45, 7) is 9.79. The maximum absolute atomic E-state index is 13.2. The monoisotopic (exact) mass is 816 g/mol. The van der Waals surface area contributed by atoms with Gasteiger partial charge >= 0.3 is 17.9 Å². The molecule has 0 aromatic heterocycles. The molecule has 0 aromatic carbocycles. The fourth-order valence-electron chi connectivity index (χ4n) is 4.80. The van der Waals surface area contributed by atoms with Crippen LogP contribution >= 0.6 is 47.8 Å². The fraction of sp³-hybridized carbons (Fsp3) is 0.793. The van der Waals surface area contributed by atoms with E-state index in [2.05, 4.69) is 58.4 Å². The Morgan fingerprint density at radius 1 is 0.818 bits per heavy atom. The van der Waals surface area contributed by atoms with Crippen LogP contribution in [0.3, 0.4) is 0 Å². The quantitative estimate of drug-likeness (QED) is 0.109. The predicted molar refractivity (Wildman–Crippen MR) is 170 cm³/mol. The summed E-state index contributed by atoms with van der Waals surface area (Å²) in [5.41, 5.74) is -1.68. The molecular weight excluding hydrogens is 776 g/mol. The van der Waals surface area contributed by atoms with Gasteiger partial charge in [0.2, 0.25) is 11.8 Å². The number of carbonyl (C=O) groups excluding carboxylic acids is 6. The van der Waals surface area contributed by atoms with E-state index >= 15 is 0 Å². The number of halogens is 3. The number of nitrogens with one attached hydrogen (secondary N) is 2. The van der Waals surface area contributed by atoms with Gasteiger partial charge < -0.3 is 34.4 Å². The van der Waals surface area contributed by atoms with Gasteiger partial charge in [-0.1, -0.05) is 54.7 Å². The van der Waals surface area contributed by atoms with Crippen molar-refractivity contribution in [3.8, 4) is 0 Å². The SMILES string of the molecule is CC1CCC2OC1[C@H](C(=O)NCCC(=O)NC(COC(=O)C(C)(C)Br)(COC(=O)C(C)(C)Br)COC(=O)C(C)(C)Br)[C@@H]2C=O. The van der Waals surface area contributed by atoms with Crippen molar-refractivity contribution in [1.29, 1.82) is 0 Å². The van der Waals surface area contributed by atoms with E-state index in [0.717, 1.165) is 12.7 Å². The van der Waals surface area contributed by atoms with Crippen molar-refractivity contribution in [2.75, 3.05) is 26.4 Å². The third-order valence-electron chi connectivity index (χ3n) is 7.41. The van der Waals surface area contributed by atoms with Gasteiger partial charge in [-0.2, -0.15) is 0 Å². The number of alkyl halides is 3. The van der Waals surface area contributed by atoms with Crippen molar-refractivity contribution in [2.24, 2.45) is 17.8 Å². The lowest BCUT2D eigenvalue weighted by atomic mass is 9.86. The summed E-state index contributed by atoms with van der Waals surface area (Å²) in [5.74, 6) is -4.10. The van der Waals surface area contributed by atoms with Crippen LogP contribution in [0, 0.1) is 17.8 Å². The molecule has 0 saturated carbocycles. The molecule has 15 heteroatoms. The molecular formula is C29H43Br3N2O10. The van der Waals surface area contributed by atoms with Gasteiger partial charge in [-0.05, 0) is 60.3 Å². The summed E-state index contributed by atoms with van der Waals surface area (Å²) < 4.78 is 19.1. The van der Waals surface area contributed by atoms with Crippen LogP contribution in [0.25, 0.3) is 0 Å². The predicted octanol–water partition coefficient (Wildman–Crippen LogP) is 3.13. The Bertz CT molecular complexity index is 1020. The molecule has 2 fully saturated rings. The van der Waals surface area contributed by atoms with E-state index < -0.39 is 74.0 Å². The summed E-state index contributed by atoms with van der Waals surface area (Å²) in [7, 11) is 0. The molecule has 2 amide bonds. The third kappa shape index (κ3) is 10.8. The molecule has 0 radical (unpaired) electrons. The molecule has 0 aliphatic carbocycles. The molecule has 0 aromatic rings. The highest BCUT2D eigenvalue weighted by molar-refractivity contribution is 9.10. The lowest BCUT2D eigenvalue weighted by Gasteiger charge is -2.35. The lowest BCUT2D eigenvalue weighted by molar-refractivity contribution is -0.161. The molecule has 3 unspecified atom stereocenters. The number of aldehydes is 1. The average Bonchev–Trinajstić information content (AvgIpc) is 3.22. The van der Waals surface area contributed by atoms with E-state index in [1.165, 1.54) is 0 Å². The first-order valence-corrected chi connectivity index (χ1v) is 16.8. The molecule has 2 aliphatic rings. The first-order valence-electron chi connectivity index (χ1n) is 14.4. The number of ether oxygens (including phenoxy) is 4. The van der Waals surface area contributed by atoms with Crippen LogP contribution in [0.2, 0.25) is 0 Å². The highest BCUT2D eigenvalue weighted by atomic mass is 79.9. The zero-order valence-corrected chi connectivity index (χ0v) is 30.9. The molecule has 2 rings (SSSR count). The standard InChI is InChI=1S/C29H43Br3N2O10/c1-16-8-9-18-17(12-35)20(21(16)44-18)22(37)33-11-10-19(36)34-29(13-41-23(38)26(2,3)30,14-42-24(39)27(4,5)31)15-43-25(40)28(6,7)32/h12,16-18,20-21H,8-11,13-15H2,1-7H3,(H,33,37)(H,34,36)/t16?,17-,18?,20-,21?/m1/s1. The number of carbonyl (C=O) groups is 6. The fourth-order valence-corrected chi connectivity index (χ4v) is 5.14. The zero-order valence-electron chi connectivity index (χ0n) is 26.1. The van der Waals surface area contributed by atoms with E-state index in [9.17, 15) is 28.8 Å². The van der Waals surface area contributed by atoms with Crippen LogP contribution in [0.4, 0.5) is 0 Å². The van der Waals surface area contributed by atoms with Crippen LogP contribution in [-0.4, -0.2) is 93.1 Å². The van der Waals surface area contributed by atoms with E-state index in [1.54, 1.807) is 41.5 Å². The van der Waals surface area contributed by atoms with E-state index in [-0.39, 0.29) is 37.0 Å². The van der Waals surface area contributed by atoms with Gasteiger partial charge in [0.05, 0.1) is 24.0 Å². The molecule has 2 N–H and O–H groups in total. The van der Waals surface area contributed by atoms with Crippen LogP contribution < -0.4 is 10.6 Å². The molecule has 2 aliphatic heterocycles. The number of amides is 2. The lowest BCUT2D eigenvalue weighted by Crippen LogP contribution is -2.60. The number of hydrogen-bond donors (Lipinski definition) is 2. The highest BCUT2D eigenvalue weighted by Gasteiger charge is 2.52. The molecule has 250 valence electrons. The Kier molecular flexibility index (Phi) is 13.5. The van der Waals surface area contributed by atoms with Gasteiger partial charge in [0.1, 0.15) is 44.6 Å². The number of hydrogen-bond acceptors (Lipinski definition) is 10. The minimum Gasteiger partial charge on any atom is -0.462 e. The topological polar surface area (TPSA) is 163 Å². The van der Waals surface area contributed by atoms with Crippen LogP contribution in [-0.2, 0) is 47.7 Å². The smallest absolute Gasteiger partial charge is 0.322 e. The number of fused-ring (bicyclic) bond motifs is 2. The van der Waals surface area contributed by atoms with E-state index in [0.29, 0.717) is 6.42 Å². The third-order valence-corrected chi connectivity index (χ3v) is 8.38. The van der Waals surface area contributed by atoms with Crippen LogP contribution in [0.5, 0.6) is 0 Å². The summed E-state index contributed by atoms with van der Waals surface area (Å²) in [5, 5.41) is 5.45. The molecule has 5 atom stereocenters. The van der Waals surface area contributed by atoms with Crippen molar-refractivity contribution < 1.29 is 47.7 Å². The highest BCUT2D eigenvalue weighted by Crippen LogP contribution is 2.43. The van der Waals surface area contributed by atoms with Crippen LogP contribution in [0.1, 0.15) is 67.7 Å². The minimum absolute atomic E-state index is 0.0781. The van der Waals surface area contributed by atoms with Gasteiger partial charge in [0.15, 0.2) is 0 Å². The number of rotatable bonds is 15. The van der Waals surface area contributed by atoms with Crippen molar-refractivity contribution >= 4 is 83.8 Å². The van der Waals surface area contributed by atoms with Gasteiger partial charge in [0, 0.05) is 13.0 Å². The summed E-state index contributed by atoms with van der Waals surface area (Å²) in [6, 6.07) is 0. The Morgan fingerprint density at radius 2 is 1.27 bits per heavy atom. The van der Waals surface area contributed by atoms with Gasteiger partial charge in [-0.3, -0.25) is 24.0 Å². The second-order valence-electron chi connectivity index (χ2n) is 12.9. The molecule has 2 bridgehead atoms. The largest absolute Gasteiger partial charge is 0.462 e. The summed E-state index contributed by atoms with van der Waals surface area (Å²) in [6.07, 6.45) is 1.46. The zero-order chi connectivity index (χ0) is 33.7. The summed E-state index contributed by atoms with van der Waals surface area (Å²) in [4.78, 5) is 76.0. The maximum atomic E-state index is 13.2. The molecule has 2 saturated heterocycles. The second-order valence-corrected chi connectivity index (χ2v) is 18.9. The Morgan fingerprint density at radius 3 is 1.68 bits per heavy atom. The van der Waals surface area contributed by atoms with E-state index in [4.69, 9.17) is 18.9 Å². The maximum Gasteiger partial charge on any atom is 0.322 e. The Balaban J connectivity index is 2.21. The van der Waals surface area contributed by atoms with Crippen molar-refractivity contribution in [2.45, 2.75) is 98.4 Å². The summed E-state index contributed by atoms with van der Waals surface area (Å²) >= 11 is 9.69. The average molecular weight is 819 g/mol. The van der Waals surface area contributed by atoms with Gasteiger partial charge in [-0.15, -0.1) is 0 Å². The normalized spacial score (nSPS) is 23.7. The van der Waals surface area contributed by atoms with Gasteiger partial charge in [-0.25, -0.2) is 0 Å².